The monoisotopic (exact) mass is 320 g/mol. The Morgan fingerprint density at radius 2 is 1.81 bits per heavy atom. The van der Waals surface area contributed by atoms with Gasteiger partial charge in [-0.1, -0.05) is 67.5 Å². The molecule has 2 unspecified atom stereocenters. The lowest BCUT2D eigenvalue weighted by Gasteiger charge is -2.30. The van der Waals surface area contributed by atoms with Crippen LogP contribution in [0, 0.1) is 5.92 Å². The summed E-state index contributed by atoms with van der Waals surface area (Å²) >= 11 is 8.01. The molecule has 0 amide bonds. The summed E-state index contributed by atoms with van der Waals surface area (Å²) in [6.07, 6.45) is 1.79. The van der Waals surface area contributed by atoms with E-state index in [1.807, 2.05) is 25.2 Å². The van der Waals surface area contributed by atoms with Crippen molar-refractivity contribution in [1.82, 2.24) is 10.3 Å². The third kappa shape index (κ3) is 4.22. The molecule has 0 aliphatic carbocycles. The molecule has 0 aliphatic heterocycles. The van der Waals surface area contributed by atoms with Crippen LogP contribution in [-0.2, 0) is 0 Å². The first-order chi connectivity index (χ1) is 10.1. The van der Waals surface area contributed by atoms with Crippen LogP contribution in [0.3, 0.4) is 0 Å². The fourth-order valence-electron chi connectivity index (χ4n) is 2.36. The summed E-state index contributed by atoms with van der Waals surface area (Å²) < 4.78 is 0. The van der Waals surface area contributed by atoms with E-state index >= 15 is 0 Å². The van der Waals surface area contributed by atoms with E-state index in [2.05, 4.69) is 48.4 Å². The number of nitrogens with zero attached hydrogens (tertiary/aromatic N) is 1. The van der Waals surface area contributed by atoms with Crippen molar-refractivity contribution in [3.05, 3.63) is 59.2 Å². The number of thioether (sulfide) groups is 1. The van der Waals surface area contributed by atoms with E-state index in [1.54, 1.807) is 18.0 Å². The number of benzene rings is 1. The summed E-state index contributed by atoms with van der Waals surface area (Å²) in [5.41, 5.74) is 1.29. The number of hydrogen-bond acceptors (Lipinski definition) is 3. The molecule has 2 aromatic rings. The average Bonchev–Trinajstić information content (AvgIpc) is 2.50. The molecular formula is C17H21ClN2S. The standard InChI is InChI=1S/C17H21ClN2S/c1-12(2)16(21-17-14(18)10-7-11-20-17)15(19-3)13-8-5-4-6-9-13/h4-12,15-16,19H,1-3H3. The van der Waals surface area contributed by atoms with Crippen molar-refractivity contribution in [2.24, 2.45) is 5.92 Å². The Morgan fingerprint density at radius 1 is 1.10 bits per heavy atom. The van der Waals surface area contributed by atoms with Gasteiger partial charge in [0.05, 0.1) is 5.02 Å². The second-order valence-electron chi connectivity index (χ2n) is 5.29. The lowest BCUT2D eigenvalue weighted by atomic mass is 9.96. The normalized spacial score (nSPS) is 14.1. The predicted molar refractivity (Wildman–Crippen MR) is 92.0 cm³/mol. The number of nitrogens with one attached hydrogen (secondary N) is 1. The maximum Gasteiger partial charge on any atom is 0.115 e. The van der Waals surface area contributed by atoms with Gasteiger partial charge in [-0.25, -0.2) is 4.98 Å². The number of halogens is 1. The van der Waals surface area contributed by atoms with Gasteiger partial charge in [0.15, 0.2) is 0 Å². The Morgan fingerprint density at radius 3 is 2.38 bits per heavy atom. The molecule has 4 heteroatoms. The van der Waals surface area contributed by atoms with Gasteiger partial charge in [-0.3, -0.25) is 0 Å². The van der Waals surface area contributed by atoms with E-state index in [0.29, 0.717) is 11.2 Å². The molecule has 0 saturated carbocycles. The highest BCUT2D eigenvalue weighted by atomic mass is 35.5. The molecule has 21 heavy (non-hydrogen) atoms. The highest BCUT2D eigenvalue weighted by Crippen LogP contribution is 2.38. The molecule has 1 aromatic carbocycles. The Hall–Kier alpha value is -1.03. The van der Waals surface area contributed by atoms with Gasteiger partial charge in [0.25, 0.3) is 0 Å². The minimum absolute atomic E-state index is 0.259. The zero-order chi connectivity index (χ0) is 15.2. The molecule has 0 saturated heterocycles. The minimum Gasteiger partial charge on any atom is -0.312 e. The molecule has 0 spiro atoms. The third-order valence-electron chi connectivity index (χ3n) is 3.43. The van der Waals surface area contributed by atoms with Gasteiger partial charge in [-0.2, -0.15) is 0 Å². The van der Waals surface area contributed by atoms with Crippen LogP contribution in [0.2, 0.25) is 5.02 Å². The number of pyridine rings is 1. The maximum atomic E-state index is 6.26. The summed E-state index contributed by atoms with van der Waals surface area (Å²) in [6.45, 7) is 4.48. The van der Waals surface area contributed by atoms with E-state index in [0.717, 1.165) is 10.0 Å². The van der Waals surface area contributed by atoms with Crippen LogP contribution < -0.4 is 5.32 Å². The van der Waals surface area contributed by atoms with Gasteiger partial charge in [0.2, 0.25) is 0 Å². The van der Waals surface area contributed by atoms with Crippen molar-refractivity contribution in [3.8, 4) is 0 Å². The molecule has 1 heterocycles. The van der Waals surface area contributed by atoms with Crippen LogP contribution >= 0.6 is 23.4 Å². The van der Waals surface area contributed by atoms with Gasteiger partial charge in [0, 0.05) is 17.5 Å². The molecule has 0 fully saturated rings. The maximum absolute atomic E-state index is 6.26. The summed E-state index contributed by atoms with van der Waals surface area (Å²) in [5, 5.41) is 5.42. The smallest absolute Gasteiger partial charge is 0.115 e. The number of hydrogen-bond donors (Lipinski definition) is 1. The summed E-state index contributed by atoms with van der Waals surface area (Å²) in [5.74, 6) is 0.491. The van der Waals surface area contributed by atoms with Crippen LogP contribution in [0.25, 0.3) is 0 Å². The molecule has 2 atom stereocenters. The van der Waals surface area contributed by atoms with Crippen molar-refractivity contribution in [1.29, 1.82) is 0 Å². The quantitative estimate of drug-likeness (QED) is 0.773. The highest BCUT2D eigenvalue weighted by Gasteiger charge is 2.27. The summed E-state index contributed by atoms with van der Waals surface area (Å²) in [6, 6.07) is 14.5. The molecule has 0 aliphatic rings. The largest absolute Gasteiger partial charge is 0.312 e. The van der Waals surface area contributed by atoms with Gasteiger partial charge < -0.3 is 5.32 Å². The SMILES string of the molecule is CNC(c1ccccc1)C(Sc1ncccc1Cl)C(C)C. The van der Waals surface area contributed by atoms with E-state index in [1.165, 1.54) is 5.56 Å². The van der Waals surface area contributed by atoms with E-state index < -0.39 is 0 Å². The second kappa shape index (κ2) is 7.83. The summed E-state index contributed by atoms with van der Waals surface area (Å²) in [7, 11) is 2.01. The number of aromatic nitrogens is 1. The first kappa shape index (κ1) is 16.3. The Kier molecular flexibility index (Phi) is 6.09. The van der Waals surface area contributed by atoms with Crippen LogP contribution in [0.15, 0.2) is 53.7 Å². The van der Waals surface area contributed by atoms with Gasteiger partial charge >= 0.3 is 0 Å². The van der Waals surface area contributed by atoms with Gasteiger partial charge in [-0.05, 0) is 30.7 Å². The molecule has 1 aromatic heterocycles. The van der Waals surface area contributed by atoms with E-state index in [9.17, 15) is 0 Å². The van der Waals surface area contributed by atoms with Crippen molar-refractivity contribution >= 4 is 23.4 Å². The van der Waals surface area contributed by atoms with E-state index in [4.69, 9.17) is 11.6 Å². The molecular weight excluding hydrogens is 300 g/mol. The zero-order valence-corrected chi connectivity index (χ0v) is 14.2. The average molecular weight is 321 g/mol. The van der Waals surface area contributed by atoms with E-state index in [-0.39, 0.29) is 6.04 Å². The third-order valence-corrected chi connectivity index (χ3v) is 5.48. The van der Waals surface area contributed by atoms with Crippen LogP contribution in [0.5, 0.6) is 0 Å². The Bertz CT molecular complexity index is 560. The molecule has 112 valence electrons. The Balaban J connectivity index is 2.28. The fourth-order valence-corrected chi connectivity index (χ4v) is 3.87. The minimum atomic E-state index is 0.259. The van der Waals surface area contributed by atoms with Gasteiger partial charge in [-0.15, -0.1) is 0 Å². The van der Waals surface area contributed by atoms with Crippen molar-refractivity contribution in [2.75, 3.05) is 7.05 Å². The van der Waals surface area contributed by atoms with Crippen LogP contribution in [-0.4, -0.2) is 17.3 Å². The topological polar surface area (TPSA) is 24.9 Å². The number of rotatable bonds is 6. The van der Waals surface area contributed by atoms with Crippen LogP contribution in [0.1, 0.15) is 25.5 Å². The lowest BCUT2D eigenvalue weighted by Crippen LogP contribution is -2.31. The Labute approximate surface area is 136 Å². The molecule has 0 radical (unpaired) electrons. The predicted octanol–water partition coefficient (Wildman–Crippen LogP) is 4.81. The molecule has 2 nitrogen and oxygen atoms in total. The van der Waals surface area contributed by atoms with Crippen molar-refractivity contribution < 1.29 is 0 Å². The fraction of sp³-hybridized carbons (Fsp3) is 0.353. The highest BCUT2D eigenvalue weighted by molar-refractivity contribution is 8.00. The van der Waals surface area contributed by atoms with Crippen LogP contribution in [0.4, 0.5) is 0 Å². The van der Waals surface area contributed by atoms with Crippen molar-refractivity contribution in [3.63, 3.8) is 0 Å². The second-order valence-corrected chi connectivity index (χ2v) is 6.87. The first-order valence-corrected chi connectivity index (χ1v) is 8.38. The lowest BCUT2D eigenvalue weighted by molar-refractivity contribution is 0.472. The summed E-state index contributed by atoms with van der Waals surface area (Å²) in [4.78, 5) is 4.41. The first-order valence-electron chi connectivity index (χ1n) is 7.13. The zero-order valence-electron chi connectivity index (χ0n) is 12.6. The van der Waals surface area contributed by atoms with Gasteiger partial charge in [0.1, 0.15) is 5.03 Å². The molecule has 2 rings (SSSR count). The van der Waals surface area contributed by atoms with Crippen molar-refractivity contribution in [2.45, 2.75) is 30.2 Å². The molecule has 0 bridgehead atoms. The molecule has 1 N–H and O–H groups in total.